The third-order valence-electron chi connectivity index (χ3n) is 3.53. The van der Waals surface area contributed by atoms with Crippen LogP contribution in [0.15, 0.2) is 24.3 Å². The van der Waals surface area contributed by atoms with E-state index in [1.54, 1.807) is 24.3 Å². The number of nitrogens with one attached hydrogen (secondary N) is 1. The average Bonchev–Trinajstić information content (AvgIpc) is 2.33. The van der Waals surface area contributed by atoms with Crippen LogP contribution in [0.5, 0.6) is 0 Å². The number of hydrogen-bond acceptors (Lipinski definition) is 1. The molecule has 0 saturated heterocycles. The molecule has 2 atom stereocenters. The van der Waals surface area contributed by atoms with Gasteiger partial charge in [0, 0.05) is 16.6 Å². The van der Waals surface area contributed by atoms with E-state index < -0.39 is 0 Å². The Hall–Kier alpha value is -1.02. The van der Waals surface area contributed by atoms with Crippen molar-refractivity contribution in [2.45, 2.75) is 38.6 Å². The Balaban J connectivity index is 1.98. The molecule has 1 aromatic carbocycles. The molecule has 1 amide bonds. The molecule has 92 valence electrons. The Labute approximate surface area is 107 Å². The fourth-order valence-electron chi connectivity index (χ4n) is 2.38. The van der Waals surface area contributed by atoms with E-state index in [1.807, 2.05) is 0 Å². The molecule has 17 heavy (non-hydrogen) atoms. The lowest BCUT2D eigenvalue weighted by Crippen LogP contribution is -2.41. The Morgan fingerprint density at radius 2 is 1.88 bits per heavy atom. The predicted molar refractivity (Wildman–Crippen MR) is 70.3 cm³/mol. The van der Waals surface area contributed by atoms with Crippen molar-refractivity contribution in [3.05, 3.63) is 34.9 Å². The van der Waals surface area contributed by atoms with Gasteiger partial charge in [0.05, 0.1) is 0 Å². The third-order valence-corrected chi connectivity index (χ3v) is 3.79. The molecule has 0 bridgehead atoms. The van der Waals surface area contributed by atoms with Gasteiger partial charge in [0.1, 0.15) is 0 Å². The van der Waals surface area contributed by atoms with Crippen molar-refractivity contribution in [2.75, 3.05) is 0 Å². The molecule has 1 saturated carbocycles. The first-order valence-electron chi connectivity index (χ1n) is 6.23. The zero-order valence-electron chi connectivity index (χ0n) is 10.1. The average molecular weight is 252 g/mol. The molecule has 0 spiro atoms. The monoisotopic (exact) mass is 251 g/mol. The standard InChI is InChI=1S/C14H18ClNO/c1-10-4-2-3-5-13(10)16-14(17)11-6-8-12(15)9-7-11/h6-10,13H,2-5H2,1H3,(H,16,17). The Bertz CT molecular complexity index is 388. The summed E-state index contributed by atoms with van der Waals surface area (Å²) in [5.74, 6) is 0.598. The summed E-state index contributed by atoms with van der Waals surface area (Å²) in [6, 6.07) is 7.37. The SMILES string of the molecule is CC1CCCCC1NC(=O)c1ccc(Cl)cc1. The maximum Gasteiger partial charge on any atom is 0.251 e. The number of amides is 1. The zero-order valence-corrected chi connectivity index (χ0v) is 10.8. The molecule has 1 fully saturated rings. The maximum atomic E-state index is 12.0. The van der Waals surface area contributed by atoms with Gasteiger partial charge in [-0.05, 0) is 43.0 Å². The molecule has 1 aliphatic rings. The van der Waals surface area contributed by atoms with E-state index >= 15 is 0 Å². The highest BCUT2D eigenvalue weighted by Crippen LogP contribution is 2.24. The highest BCUT2D eigenvalue weighted by atomic mass is 35.5. The zero-order chi connectivity index (χ0) is 12.3. The van der Waals surface area contributed by atoms with Gasteiger partial charge in [0.25, 0.3) is 5.91 Å². The fourth-order valence-corrected chi connectivity index (χ4v) is 2.51. The van der Waals surface area contributed by atoms with Gasteiger partial charge in [-0.15, -0.1) is 0 Å². The van der Waals surface area contributed by atoms with Crippen molar-refractivity contribution in [2.24, 2.45) is 5.92 Å². The molecule has 2 unspecified atom stereocenters. The molecule has 0 radical (unpaired) electrons. The highest BCUT2D eigenvalue weighted by Gasteiger charge is 2.23. The van der Waals surface area contributed by atoms with E-state index in [1.165, 1.54) is 19.3 Å². The van der Waals surface area contributed by atoms with Crippen molar-refractivity contribution >= 4 is 17.5 Å². The molecule has 0 heterocycles. The van der Waals surface area contributed by atoms with Crippen molar-refractivity contribution in [1.82, 2.24) is 5.32 Å². The van der Waals surface area contributed by atoms with E-state index in [4.69, 9.17) is 11.6 Å². The van der Waals surface area contributed by atoms with Crippen molar-refractivity contribution in [1.29, 1.82) is 0 Å². The summed E-state index contributed by atoms with van der Waals surface area (Å²) in [6.45, 7) is 2.21. The smallest absolute Gasteiger partial charge is 0.251 e. The van der Waals surface area contributed by atoms with Crippen molar-refractivity contribution in [3.8, 4) is 0 Å². The van der Waals surface area contributed by atoms with Crippen LogP contribution in [0.4, 0.5) is 0 Å². The van der Waals surface area contributed by atoms with Crippen LogP contribution in [0, 0.1) is 5.92 Å². The van der Waals surface area contributed by atoms with Crippen LogP contribution in [0.3, 0.4) is 0 Å². The van der Waals surface area contributed by atoms with Crippen molar-refractivity contribution in [3.63, 3.8) is 0 Å². The molecule has 0 aliphatic heterocycles. The molecule has 1 aliphatic carbocycles. The van der Waals surface area contributed by atoms with Gasteiger partial charge in [-0.25, -0.2) is 0 Å². The lowest BCUT2D eigenvalue weighted by atomic mass is 9.86. The van der Waals surface area contributed by atoms with Crippen LogP contribution in [0.1, 0.15) is 43.0 Å². The molecule has 2 nitrogen and oxygen atoms in total. The van der Waals surface area contributed by atoms with Gasteiger partial charge in [-0.3, -0.25) is 4.79 Å². The number of benzene rings is 1. The van der Waals surface area contributed by atoms with Gasteiger partial charge in [0.15, 0.2) is 0 Å². The molecular formula is C14H18ClNO. The molecule has 1 N–H and O–H groups in total. The second-order valence-electron chi connectivity index (χ2n) is 4.85. The Morgan fingerprint density at radius 1 is 1.24 bits per heavy atom. The Kier molecular flexibility index (Phi) is 4.06. The summed E-state index contributed by atoms with van der Waals surface area (Å²) < 4.78 is 0. The minimum atomic E-state index is 0.0143. The molecule has 3 heteroatoms. The fraction of sp³-hybridized carbons (Fsp3) is 0.500. The first-order valence-corrected chi connectivity index (χ1v) is 6.61. The lowest BCUT2D eigenvalue weighted by Gasteiger charge is -2.29. The van der Waals surface area contributed by atoms with Crippen LogP contribution in [-0.2, 0) is 0 Å². The molecular weight excluding hydrogens is 234 g/mol. The number of carbonyl (C=O) groups is 1. The summed E-state index contributed by atoms with van der Waals surface area (Å²) in [5, 5.41) is 3.78. The predicted octanol–water partition coefficient (Wildman–Crippen LogP) is 3.65. The third kappa shape index (κ3) is 3.22. The van der Waals surface area contributed by atoms with Gasteiger partial charge >= 0.3 is 0 Å². The largest absolute Gasteiger partial charge is 0.349 e. The minimum Gasteiger partial charge on any atom is -0.349 e. The van der Waals surface area contributed by atoms with E-state index in [0.717, 1.165) is 6.42 Å². The molecule has 2 rings (SSSR count). The maximum absolute atomic E-state index is 12.0. The summed E-state index contributed by atoms with van der Waals surface area (Å²) in [6.07, 6.45) is 4.82. The molecule has 1 aromatic rings. The highest BCUT2D eigenvalue weighted by molar-refractivity contribution is 6.30. The van der Waals surface area contributed by atoms with Crippen LogP contribution in [-0.4, -0.2) is 11.9 Å². The number of carbonyl (C=O) groups excluding carboxylic acids is 1. The van der Waals surface area contributed by atoms with Crippen LogP contribution < -0.4 is 5.32 Å². The van der Waals surface area contributed by atoms with E-state index in [2.05, 4.69) is 12.2 Å². The van der Waals surface area contributed by atoms with Gasteiger partial charge in [0.2, 0.25) is 0 Å². The van der Waals surface area contributed by atoms with Gasteiger partial charge in [-0.2, -0.15) is 0 Å². The normalized spacial score (nSPS) is 24.4. The van der Waals surface area contributed by atoms with Gasteiger partial charge < -0.3 is 5.32 Å². The lowest BCUT2D eigenvalue weighted by molar-refractivity contribution is 0.0910. The number of rotatable bonds is 2. The van der Waals surface area contributed by atoms with Gasteiger partial charge in [-0.1, -0.05) is 31.4 Å². The topological polar surface area (TPSA) is 29.1 Å². The second-order valence-corrected chi connectivity index (χ2v) is 5.29. The summed E-state index contributed by atoms with van der Waals surface area (Å²) >= 11 is 5.80. The van der Waals surface area contributed by atoms with E-state index in [9.17, 15) is 4.79 Å². The minimum absolute atomic E-state index is 0.0143. The van der Waals surface area contributed by atoms with E-state index in [-0.39, 0.29) is 5.91 Å². The first-order chi connectivity index (χ1) is 8.16. The summed E-state index contributed by atoms with van der Waals surface area (Å²) in [4.78, 5) is 12.0. The summed E-state index contributed by atoms with van der Waals surface area (Å²) in [7, 11) is 0. The van der Waals surface area contributed by atoms with Crippen molar-refractivity contribution < 1.29 is 4.79 Å². The molecule has 0 aromatic heterocycles. The number of halogens is 1. The second kappa shape index (κ2) is 5.54. The first kappa shape index (κ1) is 12.4. The number of hydrogen-bond donors (Lipinski definition) is 1. The summed E-state index contributed by atoms with van der Waals surface area (Å²) in [5.41, 5.74) is 0.687. The van der Waals surface area contributed by atoms with E-state index in [0.29, 0.717) is 22.5 Å². The quantitative estimate of drug-likeness (QED) is 0.854. The van der Waals surface area contributed by atoms with Crippen LogP contribution in [0.2, 0.25) is 5.02 Å². The Morgan fingerprint density at radius 3 is 2.53 bits per heavy atom. The van der Waals surface area contributed by atoms with Crippen LogP contribution in [0.25, 0.3) is 0 Å². The van der Waals surface area contributed by atoms with Crippen LogP contribution >= 0.6 is 11.6 Å².